The van der Waals surface area contributed by atoms with E-state index < -0.39 is 0 Å². The second-order valence-corrected chi connectivity index (χ2v) is 6.85. The van der Waals surface area contributed by atoms with Gasteiger partial charge in [-0.25, -0.2) is 4.68 Å². The van der Waals surface area contributed by atoms with E-state index >= 15 is 0 Å². The third-order valence-electron chi connectivity index (χ3n) is 3.40. The number of rotatable bonds is 5. The number of carbonyl (C=O) groups excluding carboxylic acids is 1. The van der Waals surface area contributed by atoms with Crippen molar-refractivity contribution in [3.8, 4) is 0 Å². The molecule has 0 amide bonds. The molecule has 2 aromatic heterocycles. The summed E-state index contributed by atoms with van der Waals surface area (Å²) in [6.07, 6.45) is 0. The lowest BCUT2D eigenvalue weighted by Crippen LogP contribution is -2.15. The predicted molar refractivity (Wildman–Crippen MR) is 99.3 cm³/mol. The van der Waals surface area contributed by atoms with Crippen molar-refractivity contribution in [2.45, 2.75) is 13.5 Å². The molecule has 0 atom stereocenters. The summed E-state index contributed by atoms with van der Waals surface area (Å²) >= 11 is 12.8. The molecular weight excluding hydrogens is 366 g/mol. The summed E-state index contributed by atoms with van der Waals surface area (Å²) in [7, 11) is 0. The van der Waals surface area contributed by atoms with Gasteiger partial charge in [-0.2, -0.15) is 4.68 Å². The molecule has 1 aromatic carbocycles. The maximum Gasteiger partial charge on any atom is 0.240 e. The summed E-state index contributed by atoms with van der Waals surface area (Å²) in [5, 5.41) is 7.46. The Bertz CT molecular complexity index is 945. The molecule has 0 aliphatic rings. The van der Waals surface area contributed by atoms with Gasteiger partial charge in [0.05, 0.1) is 0 Å². The Labute approximate surface area is 152 Å². The second-order valence-electron chi connectivity index (χ2n) is 5.11. The molecule has 0 fully saturated rings. The molecule has 3 N–H and O–H groups in total. The smallest absolute Gasteiger partial charge is 0.240 e. The summed E-state index contributed by atoms with van der Waals surface area (Å²) in [5.74, 6) is 0.0517. The lowest BCUT2D eigenvalue weighted by molar-refractivity contribution is 0.0966. The van der Waals surface area contributed by atoms with Crippen LogP contribution in [0.1, 0.15) is 15.9 Å². The van der Waals surface area contributed by atoms with E-state index in [1.165, 1.54) is 20.7 Å². The van der Waals surface area contributed by atoms with Crippen LogP contribution < -0.4 is 11.2 Å². The number of thiophene rings is 1. The van der Waals surface area contributed by atoms with E-state index in [9.17, 15) is 4.79 Å². The molecule has 3 aromatic rings. The number of aromatic nitrogens is 3. The molecule has 0 unspecified atom stereocenters. The van der Waals surface area contributed by atoms with Gasteiger partial charge in [0.2, 0.25) is 10.7 Å². The number of halogens is 1. The first-order chi connectivity index (χ1) is 11.5. The molecular formula is C15H14ClN5OS2. The molecule has 0 saturated heterocycles. The van der Waals surface area contributed by atoms with Gasteiger partial charge in [-0.1, -0.05) is 17.7 Å². The van der Waals surface area contributed by atoms with E-state index in [2.05, 4.69) is 10.5 Å². The monoisotopic (exact) mass is 379 g/mol. The van der Waals surface area contributed by atoms with Crippen LogP contribution in [0.2, 0.25) is 5.02 Å². The molecule has 9 heteroatoms. The standard InChI is InChI=1S/C15H14ClN5OS2/c1-9-4-5-10(16)7-11(9)12(22)8-20-15(23)21(14(17)19-20)18-13-3-2-6-24-13/h2-7,18H,8H2,1H3,(H2,17,19). The normalized spacial score (nSPS) is 10.8. The Morgan fingerprint density at radius 1 is 1.46 bits per heavy atom. The Balaban J connectivity index is 1.87. The number of carbonyl (C=O) groups is 1. The largest absolute Gasteiger partial charge is 0.366 e. The summed E-state index contributed by atoms with van der Waals surface area (Å²) < 4.78 is 3.18. The molecule has 6 nitrogen and oxygen atoms in total. The lowest BCUT2D eigenvalue weighted by atomic mass is 10.1. The van der Waals surface area contributed by atoms with E-state index in [0.717, 1.165) is 10.6 Å². The molecule has 0 aliphatic carbocycles. The summed E-state index contributed by atoms with van der Waals surface area (Å²) in [6.45, 7) is 1.84. The van der Waals surface area contributed by atoms with Crippen LogP contribution in [-0.2, 0) is 6.54 Å². The van der Waals surface area contributed by atoms with Gasteiger partial charge in [-0.15, -0.1) is 16.4 Å². The number of aryl methyl sites for hydroxylation is 1. The topological polar surface area (TPSA) is 77.9 Å². The molecule has 2 heterocycles. The van der Waals surface area contributed by atoms with Crippen molar-refractivity contribution in [2.24, 2.45) is 0 Å². The Kier molecular flexibility index (Phi) is 4.70. The minimum absolute atomic E-state index is 0.0106. The maximum absolute atomic E-state index is 12.5. The Morgan fingerprint density at radius 2 is 2.25 bits per heavy atom. The average molecular weight is 380 g/mol. The van der Waals surface area contributed by atoms with Gasteiger partial charge in [0.15, 0.2) is 5.78 Å². The number of hydrogen-bond donors (Lipinski definition) is 2. The highest BCUT2D eigenvalue weighted by atomic mass is 35.5. The van der Waals surface area contributed by atoms with Crippen LogP contribution in [0.3, 0.4) is 0 Å². The number of nitrogens with zero attached hydrogens (tertiary/aromatic N) is 3. The third kappa shape index (κ3) is 3.35. The fraction of sp³-hybridized carbons (Fsp3) is 0.133. The van der Waals surface area contributed by atoms with Crippen LogP contribution >= 0.6 is 35.2 Å². The number of nitrogens with two attached hydrogens (primary N) is 1. The van der Waals surface area contributed by atoms with Crippen molar-refractivity contribution < 1.29 is 4.79 Å². The van der Waals surface area contributed by atoms with E-state index in [4.69, 9.17) is 29.6 Å². The number of benzene rings is 1. The second kappa shape index (κ2) is 6.76. The number of hydrogen-bond acceptors (Lipinski definition) is 6. The Hall–Kier alpha value is -2.16. The van der Waals surface area contributed by atoms with E-state index in [0.29, 0.717) is 15.4 Å². The van der Waals surface area contributed by atoms with Gasteiger partial charge in [0.25, 0.3) is 0 Å². The van der Waals surface area contributed by atoms with Crippen molar-refractivity contribution >= 4 is 51.9 Å². The van der Waals surface area contributed by atoms with Gasteiger partial charge in [-0.05, 0) is 54.4 Å². The molecule has 0 bridgehead atoms. The first-order valence-corrected chi connectivity index (χ1v) is 8.67. The molecule has 0 radical (unpaired) electrons. The molecule has 24 heavy (non-hydrogen) atoms. The van der Waals surface area contributed by atoms with Crippen molar-refractivity contribution in [3.05, 3.63) is 56.6 Å². The zero-order chi connectivity index (χ0) is 17.3. The zero-order valence-corrected chi connectivity index (χ0v) is 15.1. The lowest BCUT2D eigenvalue weighted by Gasteiger charge is -2.06. The van der Waals surface area contributed by atoms with Crippen LogP contribution in [-0.4, -0.2) is 20.2 Å². The van der Waals surface area contributed by atoms with Crippen LogP contribution in [0.15, 0.2) is 35.7 Å². The quantitative estimate of drug-likeness (QED) is 0.521. The van der Waals surface area contributed by atoms with Crippen LogP contribution in [0.4, 0.5) is 10.9 Å². The summed E-state index contributed by atoms with van der Waals surface area (Å²) in [5.41, 5.74) is 10.4. The summed E-state index contributed by atoms with van der Waals surface area (Å²) in [6, 6.07) is 9.00. The number of nitrogens with one attached hydrogen (secondary N) is 1. The van der Waals surface area contributed by atoms with Crippen molar-refractivity contribution in [2.75, 3.05) is 11.2 Å². The van der Waals surface area contributed by atoms with Crippen LogP contribution in [0, 0.1) is 11.7 Å². The molecule has 0 aliphatic heterocycles. The highest BCUT2D eigenvalue weighted by Gasteiger charge is 2.15. The number of anilines is 2. The van der Waals surface area contributed by atoms with Crippen molar-refractivity contribution in [1.82, 2.24) is 14.5 Å². The third-order valence-corrected chi connectivity index (χ3v) is 4.80. The predicted octanol–water partition coefficient (Wildman–Crippen LogP) is 3.78. The van der Waals surface area contributed by atoms with Crippen LogP contribution in [0.25, 0.3) is 0 Å². The summed E-state index contributed by atoms with van der Waals surface area (Å²) in [4.78, 5) is 12.5. The Morgan fingerprint density at radius 3 is 2.96 bits per heavy atom. The molecule has 124 valence electrons. The van der Waals surface area contributed by atoms with Crippen molar-refractivity contribution in [1.29, 1.82) is 0 Å². The average Bonchev–Trinajstić information content (AvgIpc) is 3.14. The van der Waals surface area contributed by atoms with E-state index in [1.54, 1.807) is 18.2 Å². The van der Waals surface area contributed by atoms with E-state index in [1.807, 2.05) is 24.4 Å². The number of Topliss-reactive ketones (excluding diaryl/α,β-unsaturated/α-hetero) is 1. The minimum atomic E-state index is -0.133. The fourth-order valence-electron chi connectivity index (χ4n) is 2.20. The van der Waals surface area contributed by atoms with E-state index in [-0.39, 0.29) is 18.3 Å². The minimum Gasteiger partial charge on any atom is -0.366 e. The first-order valence-electron chi connectivity index (χ1n) is 7.01. The van der Waals surface area contributed by atoms with Gasteiger partial charge < -0.3 is 5.73 Å². The van der Waals surface area contributed by atoms with Crippen LogP contribution in [0.5, 0.6) is 0 Å². The van der Waals surface area contributed by atoms with Gasteiger partial charge in [0, 0.05) is 10.6 Å². The van der Waals surface area contributed by atoms with Gasteiger partial charge >= 0.3 is 0 Å². The molecule has 0 spiro atoms. The van der Waals surface area contributed by atoms with Gasteiger partial charge in [-0.3, -0.25) is 10.2 Å². The molecule has 0 saturated carbocycles. The maximum atomic E-state index is 12.5. The first kappa shape index (κ1) is 16.7. The van der Waals surface area contributed by atoms with Gasteiger partial charge in [0.1, 0.15) is 11.5 Å². The fourth-order valence-corrected chi connectivity index (χ4v) is 3.22. The SMILES string of the molecule is Cc1ccc(Cl)cc1C(=O)Cn1nc(N)n(Nc2cccs2)c1=S. The number of nitrogen functional groups attached to an aromatic ring is 1. The molecule has 3 rings (SSSR count). The highest BCUT2D eigenvalue weighted by molar-refractivity contribution is 7.71. The highest BCUT2D eigenvalue weighted by Crippen LogP contribution is 2.18. The number of ketones is 1. The van der Waals surface area contributed by atoms with Crippen molar-refractivity contribution in [3.63, 3.8) is 0 Å². The zero-order valence-electron chi connectivity index (χ0n) is 12.7.